The van der Waals surface area contributed by atoms with Crippen molar-refractivity contribution < 1.29 is 4.92 Å². The van der Waals surface area contributed by atoms with Gasteiger partial charge < -0.3 is 4.90 Å². The molecule has 0 atom stereocenters. The second kappa shape index (κ2) is 7.95. The molecule has 0 spiro atoms. The standard InChI is InChI=1S/C19H19ClN6O2/c20-16-2-1-3-18(12-16)24-10-8-23(9-11-24)14-25-13-21-19(22-25)15-4-6-17(7-5-15)26(27)28/h1-7,12-13H,8-11,14H2. The molecule has 1 saturated heterocycles. The van der Waals surface area contributed by atoms with Gasteiger partial charge in [0.05, 0.1) is 11.6 Å². The summed E-state index contributed by atoms with van der Waals surface area (Å²) in [7, 11) is 0. The monoisotopic (exact) mass is 398 g/mol. The summed E-state index contributed by atoms with van der Waals surface area (Å²) in [5.41, 5.74) is 1.96. The summed E-state index contributed by atoms with van der Waals surface area (Å²) < 4.78 is 1.80. The number of non-ortho nitro benzene ring substituents is 1. The van der Waals surface area contributed by atoms with Crippen LogP contribution >= 0.6 is 11.6 Å². The van der Waals surface area contributed by atoms with Gasteiger partial charge in [-0.3, -0.25) is 15.0 Å². The zero-order chi connectivity index (χ0) is 19.5. The SMILES string of the molecule is O=[N+]([O-])c1ccc(-c2ncn(CN3CCN(c4cccc(Cl)c4)CC3)n2)cc1. The molecule has 8 nitrogen and oxygen atoms in total. The number of piperazine rings is 1. The predicted molar refractivity (Wildman–Crippen MR) is 107 cm³/mol. The fourth-order valence-electron chi connectivity index (χ4n) is 3.25. The van der Waals surface area contributed by atoms with Gasteiger partial charge in [0, 0.05) is 54.6 Å². The van der Waals surface area contributed by atoms with Crippen molar-refractivity contribution in [2.75, 3.05) is 31.1 Å². The summed E-state index contributed by atoms with van der Waals surface area (Å²) in [5, 5.41) is 16.0. The predicted octanol–water partition coefficient (Wildman–Crippen LogP) is 3.29. The summed E-state index contributed by atoms with van der Waals surface area (Å²) in [5.74, 6) is 0.562. The molecule has 2 heterocycles. The van der Waals surface area contributed by atoms with Gasteiger partial charge in [0.1, 0.15) is 6.33 Å². The van der Waals surface area contributed by atoms with E-state index in [9.17, 15) is 10.1 Å². The number of rotatable bonds is 5. The van der Waals surface area contributed by atoms with Gasteiger partial charge in [0.2, 0.25) is 0 Å². The highest BCUT2D eigenvalue weighted by molar-refractivity contribution is 6.30. The second-order valence-electron chi connectivity index (χ2n) is 6.64. The maximum atomic E-state index is 10.8. The summed E-state index contributed by atoms with van der Waals surface area (Å²) in [4.78, 5) is 19.3. The van der Waals surface area contributed by atoms with E-state index in [1.807, 2.05) is 18.2 Å². The molecule has 0 N–H and O–H groups in total. The van der Waals surface area contributed by atoms with E-state index in [0.29, 0.717) is 12.5 Å². The van der Waals surface area contributed by atoms with Gasteiger partial charge >= 0.3 is 0 Å². The molecule has 0 saturated carbocycles. The lowest BCUT2D eigenvalue weighted by Crippen LogP contribution is -2.46. The highest BCUT2D eigenvalue weighted by Gasteiger charge is 2.18. The average molecular weight is 399 g/mol. The summed E-state index contributed by atoms with van der Waals surface area (Å²) in [6, 6.07) is 14.2. The van der Waals surface area contributed by atoms with Gasteiger partial charge in [-0.2, -0.15) is 0 Å². The molecule has 0 bridgehead atoms. The van der Waals surface area contributed by atoms with E-state index in [2.05, 4.69) is 25.9 Å². The molecule has 4 rings (SSSR count). The van der Waals surface area contributed by atoms with Gasteiger partial charge in [-0.05, 0) is 30.3 Å². The van der Waals surface area contributed by atoms with Crippen LogP contribution in [0.2, 0.25) is 5.02 Å². The molecule has 1 aliphatic rings. The van der Waals surface area contributed by atoms with Gasteiger partial charge in [0.15, 0.2) is 5.82 Å². The quantitative estimate of drug-likeness (QED) is 0.484. The third kappa shape index (κ3) is 4.13. The van der Waals surface area contributed by atoms with Crippen LogP contribution in [0.25, 0.3) is 11.4 Å². The van der Waals surface area contributed by atoms with Crippen LogP contribution in [-0.4, -0.2) is 50.8 Å². The van der Waals surface area contributed by atoms with Crippen LogP contribution in [0.5, 0.6) is 0 Å². The zero-order valence-corrected chi connectivity index (χ0v) is 15.9. The van der Waals surface area contributed by atoms with E-state index < -0.39 is 4.92 Å². The molecular formula is C19H19ClN6O2. The van der Waals surface area contributed by atoms with E-state index in [4.69, 9.17) is 11.6 Å². The molecule has 0 unspecified atom stereocenters. The Kier molecular flexibility index (Phi) is 5.23. The number of nitro benzene ring substituents is 1. The molecule has 0 amide bonds. The number of hydrogen-bond acceptors (Lipinski definition) is 6. The van der Waals surface area contributed by atoms with Crippen LogP contribution < -0.4 is 4.90 Å². The lowest BCUT2D eigenvalue weighted by Gasteiger charge is -2.35. The maximum absolute atomic E-state index is 10.8. The molecule has 3 aromatic rings. The number of nitro groups is 1. The van der Waals surface area contributed by atoms with Crippen molar-refractivity contribution in [3.05, 3.63) is 70.0 Å². The Balaban J connectivity index is 1.35. The lowest BCUT2D eigenvalue weighted by atomic mass is 10.2. The Labute approximate surface area is 167 Å². The van der Waals surface area contributed by atoms with Crippen molar-refractivity contribution in [1.29, 1.82) is 0 Å². The zero-order valence-electron chi connectivity index (χ0n) is 15.1. The first-order chi connectivity index (χ1) is 13.6. The van der Waals surface area contributed by atoms with Crippen molar-refractivity contribution in [3.63, 3.8) is 0 Å². The lowest BCUT2D eigenvalue weighted by molar-refractivity contribution is -0.384. The molecule has 144 valence electrons. The second-order valence-corrected chi connectivity index (χ2v) is 7.07. The maximum Gasteiger partial charge on any atom is 0.269 e. The van der Waals surface area contributed by atoms with E-state index in [-0.39, 0.29) is 5.69 Å². The number of nitrogens with zero attached hydrogens (tertiary/aromatic N) is 6. The van der Waals surface area contributed by atoms with E-state index in [1.54, 1.807) is 23.1 Å². The molecule has 1 aromatic heterocycles. The fraction of sp³-hybridized carbons (Fsp3) is 0.263. The largest absolute Gasteiger partial charge is 0.369 e. The van der Waals surface area contributed by atoms with Crippen LogP contribution in [0.3, 0.4) is 0 Å². The number of benzene rings is 2. The fourth-order valence-corrected chi connectivity index (χ4v) is 3.44. The Hall–Kier alpha value is -2.97. The van der Waals surface area contributed by atoms with E-state index >= 15 is 0 Å². The van der Waals surface area contributed by atoms with Crippen LogP contribution in [0.1, 0.15) is 0 Å². The first-order valence-corrected chi connectivity index (χ1v) is 9.33. The highest BCUT2D eigenvalue weighted by Crippen LogP contribution is 2.21. The highest BCUT2D eigenvalue weighted by atomic mass is 35.5. The van der Waals surface area contributed by atoms with Crippen LogP contribution in [0, 0.1) is 10.1 Å². The van der Waals surface area contributed by atoms with E-state index in [0.717, 1.165) is 42.5 Å². The Morgan fingerprint density at radius 3 is 2.50 bits per heavy atom. The van der Waals surface area contributed by atoms with E-state index in [1.165, 1.54) is 12.1 Å². The molecule has 2 aromatic carbocycles. The van der Waals surface area contributed by atoms with Gasteiger partial charge in [-0.1, -0.05) is 17.7 Å². The van der Waals surface area contributed by atoms with Crippen molar-refractivity contribution >= 4 is 23.0 Å². The third-order valence-corrected chi connectivity index (χ3v) is 5.00. The van der Waals surface area contributed by atoms with Crippen LogP contribution in [0.15, 0.2) is 54.9 Å². The molecular weight excluding hydrogens is 380 g/mol. The number of anilines is 1. The number of halogens is 1. The normalized spacial score (nSPS) is 15.0. The first kappa shape index (κ1) is 18.4. The van der Waals surface area contributed by atoms with Crippen molar-refractivity contribution in [2.24, 2.45) is 0 Å². The smallest absolute Gasteiger partial charge is 0.269 e. The summed E-state index contributed by atoms with van der Waals surface area (Å²) in [6.45, 7) is 4.33. The van der Waals surface area contributed by atoms with Crippen molar-refractivity contribution in [2.45, 2.75) is 6.67 Å². The average Bonchev–Trinajstić information content (AvgIpc) is 3.17. The minimum Gasteiger partial charge on any atom is -0.369 e. The Morgan fingerprint density at radius 2 is 1.82 bits per heavy atom. The molecule has 28 heavy (non-hydrogen) atoms. The summed E-state index contributed by atoms with van der Waals surface area (Å²) >= 11 is 6.09. The summed E-state index contributed by atoms with van der Waals surface area (Å²) in [6.07, 6.45) is 1.69. The molecule has 0 aliphatic carbocycles. The van der Waals surface area contributed by atoms with Gasteiger partial charge in [0.25, 0.3) is 5.69 Å². The van der Waals surface area contributed by atoms with Crippen LogP contribution in [-0.2, 0) is 6.67 Å². The van der Waals surface area contributed by atoms with Gasteiger partial charge in [-0.15, -0.1) is 5.10 Å². The topological polar surface area (TPSA) is 80.3 Å². The molecule has 1 aliphatic heterocycles. The van der Waals surface area contributed by atoms with Crippen molar-refractivity contribution in [1.82, 2.24) is 19.7 Å². The Morgan fingerprint density at radius 1 is 1.07 bits per heavy atom. The molecule has 1 fully saturated rings. The number of hydrogen-bond donors (Lipinski definition) is 0. The Bertz CT molecular complexity index is 967. The minimum atomic E-state index is -0.418. The molecule has 9 heteroatoms. The van der Waals surface area contributed by atoms with Gasteiger partial charge in [-0.25, -0.2) is 9.67 Å². The minimum absolute atomic E-state index is 0.0563. The van der Waals surface area contributed by atoms with Crippen LogP contribution in [0.4, 0.5) is 11.4 Å². The molecule has 0 radical (unpaired) electrons. The first-order valence-electron chi connectivity index (χ1n) is 8.96. The number of aromatic nitrogens is 3. The van der Waals surface area contributed by atoms with Crippen molar-refractivity contribution in [3.8, 4) is 11.4 Å². The third-order valence-electron chi connectivity index (χ3n) is 4.76.